The van der Waals surface area contributed by atoms with E-state index in [4.69, 9.17) is 4.74 Å². The first-order valence-corrected chi connectivity index (χ1v) is 5.66. The maximum atomic E-state index is 12.1. The Morgan fingerprint density at radius 3 is 2.12 bits per heavy atom. The molecule has 1 aliphatic heterocycles. The summed E-state index contributed by atoms with van der Waals surface area (Å²) < 4.78 is 5.47. The van der Waals surface area contributed by atoms with E-state index >= 15 is 0 Å². The van der Waals surface area contributed by atoms with Gasteiger partial charge in [0.05, 0.1) is 0 Å². The van der Waals surface area contributed by atoms with Crippen LogP contribution in [0.4, 0.5) is 0 Å². The predicted octanol–water partition coefficient (Wildman–Crippen LogP) is 3.01. The van der Waals surface area contributed by atoms with Crippen LogP contribution in [0.5, 0.6) is 0 Å². The highest BCUT2D eigenvalue weighted by Gasteiger charge is 2.45. The zero-order chi connectivity index (χ0) is 11.7. The van der Waals surface area contributed by atoms with Gasteiger partial charge >= 0.3 is 0 Å². The second-order valence-corrected chi connectivity index (χ2v) is 4.12. The van der Waals surface area contributed by atoms with Crippen LogP contribution in [0, 0.1) is 0 Å². The van der Waals surface area contributed by atoms with Gasteiger partial charge in [-0.25, -0.2) is 0 Å². The predicted molar refractivity (Wildman–Crippen MR) is 64.8 cm³/mol. The molecule has 0 amide bonds. The molecular weight excluding hydrogens is 212 g/mol. The lowest BCUT2D eigenvalue weighted by atomic mass is 10.0. The zero-order valence-corrected chi connectivity index (χ0v) is 9.24. The molecule has 2 aromatic carbocycles. The molecule has 1 unspecified atom stereocenters. The molecule has 0 N–H and O–H groups in total. The molecule has 17 heavy (non-hydrogen) atoms. The Labute approximate surface area is 99.9 Å². The van der Waals surface area contributed by atoms with Crippen molar-refractivity contribution in [1.29, 1.82) is 0 Å². The molecule has 3 rings (SSSR count). The molecule has 0 aliphatic carbocycles. The molecular formula is C15H12O2. The molecule has 0 bridgehead atoms. The zero-order valence-electron chi connectivity index (χ0n) is 9.24. The highest BCUT2D eigenvalue weighted by Crippen LogP contribution is 2.40. The van der Waals surface area contributed by atoms with Crippen molar-refractivity contribution < 1.29 is 9.53 Å². The lowest BCUT2D eigenvalue weighted by Crippen LogP contribution is -2.07. The summed E-state index contributed by atoms with van der Waals surface area (Å²) in [4.78, 5) is 12.1. The van der Waals surface area contributed by atoms with Crippen molar-refractivity contribution in [2.75, 3.05) is 0 Å². The van der Waals surface area contributed by atoms with Crippen LogP contribution >= 0.6 is 0 Å². The van der Waals surface area contributed by atoms with Crippen molar-refractivity contribution in [3.05, 3.63) is 71.8 Å². The number of ketones is 1. The molecule has 2 nitrogen and oxygen atoms in total. The number of benzene rings is 2. The Balaban J connectivity index is 1.76. The van der Waals surface area contributed by atoms with Crippen LogP contribution in [-0.2, 0) is 4.74 Å². The third-order valence-electron chi connectivity index (χ3n) is 2.94. The van der Waals surface area contributed by atoms with E-state index in [-0.39, 0.29) is 18.0 Å². The summed E-state index contributed by atoms with van der Waals surface area (Å²) in [6.07, 6.45) is -0.372. The van der Waals surface area contributed by atoms with Crippen molar-refractivity contribution in [1.82, 2.24) is 0 Å². The summed E-state index contributed by atoms with van der Waals surface area (Å²) >= 11 is 0. The van der Waals surface area contributed by atoms with Crippen molar-refractivity contribution in [3.8, 4) is 0 Å². The highest BCUT2D eigenvalue weighted by molar-refractivity contribution is 6.01. The molecule has 1 heterocycles. The van der Waals surface area contributed by atoms with Gasteiger partial charge in [-0.05, 0) is 5.56 Å². The fourth-order valence-corrected chi connectivity index (χ4v) is 1.97. The summed E-state index contributed by atoms with van der Waals surface area (Å²) in [7, 11) is 0. The van der Waals surface area contributed by atoms with Crippen LogP contribution < -0.4 is 0 Å². The topological polar surface area (TPSA) is 29.6 Å². The van der Waals surface area contributed by atoms with Crippen molar-refractivity contribution in [2.45, 2.75) is 12.2 Å². The van der Waals surface area contributed by atoms with E-state index in [0.29, 0.717) is 0 Å². The SMILES string of the molecule is O=C(c1ccccc1)C1O[C@@H]1c1ccccc1. The maximum absolute atomic E-state index is 12.1. The van der Waals surface area contributed by atoms with E-state index in [9.17, 15) is 4.79 Å². The maximum Gasteiger partial charge on any atom is 0.194 e. The third kappa shape index (κ3) is 1.99. The monoisotopic (exact) mass is 224 g/mol. The largest absolute Gasteiger partial charge is 0.356 e. The molecule has 2 heteroatoms. The van der Waals surface area contributed by atoms with Crippen LogP contribution in [0.25, 0.3) is 0 Å². The molecule has 0 aromatic heterocycles. The van der Waals surface area contributed by atoms with Crippen LogP contribution in [0.1, 0.15) is 22.0 Å². The molecule has 0 spiro atoms. The first kappa shape index (κ1) is 10.2. The number of Topliss-reactive ketones (excluding diaryl/α,β-unsaturated/α-hetero) is 1. The third-order valence-corrected chi connectivity index (χ3v) is 2.94. The number of ether oxygens (including phenoxy) is 1. The average molecular weight is 224 g/mol. The molecule has 1 aliphatic rings. The minimum absolute atomic E-state index is 0.0658. The number of epoxide rings is 1. The van der Waals surface area contributed by atoms with Crippen LogP contribution in [0.2, 0.25) is 0 Å². The molecule has 2 aromatic rings. The Bertz CT molecular complexity index is 519. The fraction of sp³-hybridized carbons (Fsp3) is 0.133. The van der Waals surface area contributed by atoms with Gasteiger partial charge in [0.2, 0.25) is 0 Å². The summed E-state index contributed by atoms with van der Waals surface area (Å²) in [5, 5.41) is 0. The standard InChI is InChI=1S/C15H12O2/c16-13(11-7-3-1-4-8-11)15-14(17-15)12-9-5-2-6-10-12/h1-10,14-15H/t14-,15?/m1/s1. The molecule has 1 saturated heterocycles. The summed E-state index contributed by atoms with van der Waals surface area (Å²) in [5.74, 6) is 0.0689. The summed E-state index contributed by atoms with van der Waals surface area (Å²) in [5.41, 5.74) is 1.79. The van der Waals surface area contributed by atoms with Gasteiger partial charge in [0.25, 0.3) is 0 Å². The smallest absolute Gasteiger partial charge is 0.194 e. The van der Waals surface area contributed by atoms with E-state index in [0.717, 1.165) is 11.1 Å². The second-order valence-electron chi connectivity index (χ2n) is 4.12. The number of rotatable bonds is 3. The van der Waals surface area contributed by atoms with E-state index in [1.165, 1.54) is 0 Å². The van der Waals surface area contributed by atoms with Crippen molar-refractivity contribution in [2.24, 2.45) is 0 Å². The van der Waals surface area contributed by atoms with Gasteiger partial charge in [0.15, 0.2) is 11.9 Å². The number of carbonyl (C=O) groups excluding carboxylic acids is 1. The Morgan fingerprint density at radius 1 is 0.882 bits per heavy atom. The number of hydrogen-bond acceptors (Lipinski definition) is 2. The van der Waals surface area contributed by atoms with E-state index in [2.05, 4.69) is 0 Å². The normalized spacial score (nSPS) is 22.1. The minimum atomic E-state index is -0.306. The summed E-state index contributed by atoms with van der Waals surface area (Å²) in [6.45, 7) is 0. The molecule has 84 valence electrons. The molecule has 0 saturated carbocycles. The molecule has 2 atom stereocenters. The minimum Gasteiger partial charge on any atom is -0.356 e. The van der Waals surface area contributed by atoms with Gasteiger partial charge in [-0.1, -0.05) is 60.7 Å². The second kappa shape index (κ2) is 4.15. The highest BCUT2D eigenvalue weighted by atomic mass is 16.6. The van der Waals surface area contributed by atoms with Gasteiger partial charge < -0.3 is 4.74 Å². The fourth-order valence-electron chi connectivity index (χ4n) is 1.97. The number of carbonyl (C=O) groups is 1. The van der Waals surface area contributed by atoms with E-state index in [1.54, 1.807) is 0 Å². The van der Waals surface area contributed by atoms with E-state index < -0.39 is 0 Å². The van der Waals surface area contributed by atoms with Crippen LogP contribution in [-0.4, -0.2) is 11.9 Å². The van der Waals surface area contributed by atoms with E-state index in [1.807, 2.05) is 60.7 Å². The molecule has 1 fully saturated rings. The quantitative estimate of drug-likeness (QED) is 0.592. The first-order valence-electron chi connectivity index (χ1n) is 5.66. The average Bonchev–Trinajstić information content (AvgIpc) is 3.20. The van der Waals surface area contributed by atoms with Gasteiger partial charge in [0.1, 0.15) is 6.10 Å². The Morgan fingerprint density at radius 2 is 1.47 bits per heavy atom. The lowest BCUT2D eigenvalue weighted by Gasteiger charge is -1.96. The number of hydrogen-bond donors (Lipinski definition) is 0. The van der Waals surface area contributed by atoms with Gasteiger partial charge in [0, 0.05) is 5.56 Å². The van der Waals surface area contributed by atoms with Crippen LogP contribution in [0.3, 0.4) is 0 Å². The Hall–Kier alpha value is -1.93. The lowest BCUT2D eigenvalue weighted by molar-refractivity contribution is 0.0953. The first-order chi connectivity index (χ1) is 8.36. The molecule has 0 radical (unpaired) electrons. The Kier molecular flexibility index (Phi) is 2.50. The summed E-state index contributed by atoms with van der Waals surface area (Å²) in [6, 6.07) is 19.1. The van der Waals surface area contributed by atoms with Gasteiger partial charge in [-0.15, -0.1) is 0 Å². The van der Waals surface area contributed by atoms with Crippen LogP contribution in [0.15, 0.2) is 60.7 Å². The van der Waals surface area contributed by atoms with Crippen molar-refractivity contribution in [3.63, 3.8) is 0 Å². The van der Waals surface area contributed by atoms with Crippen molar-refractivity contribution >= 4 is 5.78 Å². The van der Waals surface area contributed by atoms with Gasteiger partial charge in [-0.3, -0.25) is 4.79 Å². The van der Waals surface area contributed by atoms with Gasteiger partial charge in [-0.2, -0.15) is 0 Å².